The summed E-state index contributed by atoms with van der Waals surface area (Å²) in [5, 5.41) is 17.1. The number of nitrogens with zero attached hydrogens (tertiary/aromatic N) is 3. The minimum atomic E-state index is -0.338. The fourth-order valence-corrected chi connectivity index (χ4v) is 4.07. The zero-order chi connectivity index (χ0) is 18.4. The molecule has 5 nitrogen and oxygen atoms in total. The quantitative estimate of drug-likeness (QED) is 0.645. The molecule has 6 heteroatoms. The lowest BCUT2D eigenvalue weighted by Crippen LogP contribution is -2.33. The summed E-state index contributed by atoms with van der Waals surface area (Å²) in [6.07, 6.45) is 3.88. The van der Waals surface area contributed by atoms with Crippen LogP contribution in [0.2, 0.25) is 0 Å². The fraction of sp³-hybridized carbons (Fsp3) is 0.143. The van der Waals surface area contributed by atoms with Gasteiger partial charge in [-0.15, -0.1) is 0 Å². The lowest BCUT2D eigenvalue weighted by Gasteiger charge is -2.38. The number of benzene rings is 2. The van der Waals surface area contributed by atoms with E-state index >= 15 is 0 Å². The predicted octanol–water partition coefficient (Wildman–Crippen LogP) is 4.79. The maximum atomic E-state index is 10.3. The molecule has 0 saturated carbocycles. The Bertz CT molecular complexity index is 1040. The molecule has 1 aromatic heterocycles. The number of aromatic nitrogens is 1. The third-order valence-corrected chi connectivity index (χ3v) is 5.45. The standard InChI is InChI=1S/C21H16BrN3O2/c22-14-5-6-20-16(11-14)18-12-17(15-3-1-2-4-19(15)26)24-25(18)21(27-20)13-7-9-23-10-8-13/h1-11,18,21,26H,12H2. The van der Waals surface area contributed by atoms with E-state index in [1.807, 2.05) is 47.5 Å². The van der Waals surface area contributed by atoms with Gasteiger partial charge in [0.15, 0.2) is 0 Å². The first-order valence-electron chi connectivity index (χ1n) is 8.71. The number of ether oxygens (including phenoxy) is 1. The third-order valence-electron chi connectivity index (χ3n) is 4.96. The summed E-state index contributed by atoms with van der Waals surface area (Å²) in [6, 6.07) is 17.3. The van der Waals surface area contributed by atoms with E-state index in [0.29, 0.717) is 6.42 Å². The highest BCUT2D eigenvalue weighted by Crippen LogP contribution is 2.48. The van der Waals surface area contributed by atoms with Crippen LogP contribution in [0.25, 0.3) is 0 Å². The van der Waals surface area contributed by atoms with Gasteiger partial charge in [-0.2, -0.15) is 5.10 Å². The molecule has 2 unspecified atom stereocenters. The molecule has 5 rings (SSSR count). The molecule has 2 aromatic carbocycles. The first-order chi connectivity index (χ1) is 13.2. The molecule has 0 saturated heterocycles. The number of rotatable bonds is 2. The molecular formula is C21H16BrN3O2. The SMILES string of the molecule is Oc1ccccc1C1=NN2C(C1)c1cc(Br)ccc1OC2c1ccncc1. The second-order valence-corrected chi connectivity index (χ2v) is 7.51. The maximum absolute atomic E-state index is 10.3. The molecule has 134 valence electrons. The van der Waals surface area contributed by atoms with Crippen LogP contribution < -0.4 is 4.74 Å². The van der Waals surface area contributed by atoms with Crippen molar-refractivity contribution in [3.8, 4) is 11.5 Å². The summed E-state index contributed by atoms with van der Waals surface area (Å²) in [5.74, 6) is 1.10. The van der Waals surface area contributed by atoms with Gasteiger partial charge in [-0.3, -0.25) is 4.98 Å². The number of hydrogen-bond donors (Lipinski definition) is 1. The first kappa shape index (κ1) is 16.3. The van der Waals surface area contributed by atoms with Crippen molar-refractivity contribution in [1.82, 2.24) is 9.99 Å². The highest BCUT2D eigenvalue weighted by Gasteiger charge is 2.41. The zero-order valence-corrected chi connectivity index (χ0v) is 15.9. The van der Waals surface area contributed by atoms with E-state index < -0.39 is 0 Å². The number of hydrazone groups is 1. The number of fused-ring (bicyclic) bond motifs is 3. The number of aromatic hydroxyl groups is 1. The van der Waals surface area contributed by atoms with Crippen LogP contribution in [-0.2, 0) is 0 Å². The second kappa shape index (κ2) is 6.39. The predicted molar refractivity (Wildman–Crippen MR) is 106 cm³/mol. The molecule has 0 spiro atoms. The van der Waals surface area contributed by atoms with Crippen molar-refractivity contribution in [3.63, 3.8) is 0 Å². The van der Waals surface area contributed by atoms with Gasteiger partial charge >= 0.3 is 0 Å². The van der Waals surface area contributed by atoms with Crippen molar-refractivity contribution in [1.29, 1.82) is 0 Å². The van der Waals surface area contributed by atoms with Gasteiger partial charge in [-0.1, -0.05) is 28.1 Å². The van der Waals surface area contributed by atoms with Crippen molar-refractivity contribution >= 4 is 21.6 Å². The van der Waals surface area contributed by atoms with Crippen LogP contribution in [0.1, 0.15) is 35.4 Å². The smallest absolute Gasteiger partial charge is 0.213 e. The van der Waals surface area contributed by atoms with Crippen LogP contribution >= 0.6 is 15.9 Å². The largest absolute Gasteiger partial charge is 0.507 e. The molecular weight excluding hydrogens is 406 g/mol. The summed E-state index contributed by atoms with van der Waals surface area (Å²) in [5.41, 5.74) is 3.69. The van der Waals surface area contributed by atoms with Gasteiger partial charge in [0.25, 0.3) is 0 Å². The van der Waals surface area contributed by atoms with E-state index in [1.54, 1.807) is 18.5 Å². The maximum Gasteiger partial charge on any atom is 0.213 e. The highest BCUT2D eigenvalue weighted by atomic mass is 79.9. The molecule has 2 aliphatic rings. The van der Waals surface area contributed by atoms with Crippen molar-refractivity contribution in [3.05, 3.63) is 88.2 Å². The van der Waals surface area contributed by atoms with E-state index in [4.69, 9.17) is 9.84 Å². The Morgan fingerprint density at radius 1 is 1.07 bits per heavy atom. The molecule has 0 bridgehead atoms. The molecule has 0 fully saturated rings. The number of phenols is 1. The second-order valence-electron chi connectivity index (χ2n) is 6.60. The van der Waals surface area contributed by atoms with E-state index in [1.165, 1.54) is 0 Å². The number of para-hydroxylation sites is 1. The normalized spacial score (nSPS) is 20.5. The Kier molecular flexibility index (Phi) is 3.86. The Balaban J connectivity index is 1.63. The van der Waals surface area contributed by atoms with Crippen LogP contribution in [0.15, 0.2) is 76.6 Å². The number of hydrogen-bond acceptors (Lipinski definition) is 5. The molecule has 0 amide bonds. The topological polar surface area (TPSA) is 58.0 Å². The van der Waals surface area contributed by atoms with Crippen LogP contribution in [0.4, 0.5) is 0 Å². The Hall–Kier alpha value is -2.86. The molecule has 3 heterocycles. The number of pyridine rings is 1. The van der Waals surface area contributed by atoms with Crippen molar-refractivity contribution in [2.24, 2.45) is 5.10 Å². The van der Waals surface area contributed by atoms with Gasteiger partial charge in [-0.25, -0.2) is 5.01 Å². The third kappa shape index (κ3) is 2.77. The van der Waals surface area contributed by atoms with Crippen molar-refractivity contribution in [2.75, 3.05) is 0 Å². The van der Waals surface area contributed by atoms with Gasteiger partial charge in [-0.05, 0) is 42.5 Å². The molecule has 0 radical (unpaired) electrons. The van der Waals surface area contributed by atoms with E-state index in [-0.39, 0.29) is 18.0 Å². The van der Waals surface area contributed by atoms with Gasteiger partial charge in [0.05, 0.1) is 11.8 Å². The van der Waals surface area contributed by atoms with Gasteiger partial charge < -0.3 is 9.84 Å². The number of phenolic OH excluding ortho intramolecular Hbond substituents is 1. The van der Waals surface area contributed by atoms with Crippen LogP contribution in [0, 0.1) is 0 Å². The Morgan fingerprint density at radius 3 is 2.70 bits per heavy atom. The molecule has 27 heavy (non-hydrogen) atoms. The molecule has 1 N–H and O–H groups in total. The Morgan fingerprint density at radius 2 is 1.89 bits per heavy atom. The summed E-state index contributed by atoms with van der Waals surface area (Å²) < 4.78 is 7.31. The first-order valence-corrected chi connectivity index (χ1v) is 9.50. The van der Waals surface area contributed by atoms with Crippen LogP contribution in [0.3, 0.4) is 0 Å². The van der Waals surface area contributed by atoms with Crippen LogP contribution in [0.5, 0.6) is 11.5 Å². The average molecular weight is 422 g/mol. The molecule has 3 aromatic rings. The van der Waals surface area contributed by atoms with Crippen LogP contribution in [-0.4, -0.2) is 20.8 Å². The van der Waals surface area contributed by atoms with E-state index in [0.717, 1.165) is 32.6 Å². The molecule has 0 aliphatic carbocycles. The summed E-state index contributed by atoms with van der Waals surface area (Å²) in [7, 11) is 0. The lowest BCUT2D eigenvalue weighted by atomic mass is 9.95. The summed E-state index contributed by atoms with van der Waals surface area (Å²) in [4.78, 5) is 4.11. The minimum absolute atomic E-state index is 0.0408. The lowest BCUT2D eigenvalue weighted by molar-refractivity contribution is -0.0191. The van der Waals surface area contributed by atoms with E-state index in [9.17, 15) is 5.11 Å². The zero-order valence-electron chi connectivity index (χ0n) is 14.3. The molecule has 2 atom stereocenters. The van der Waals surface area contributed by atoms with E-state index in [2.05, 4.69) is 27.0 Å². The number of halogens is 1. The highest BCUT2D eigenvalue weighted by molar-refractivity contribution is 9.10. The van der Waals surface area contributed by atoms with Gasteiger partial charge in [0.1, 0.15) is 11.5 Å². The van der Waals surface area contributed by atoms with Crippen molar-refractivity contribution < 1.29 is 9.84 Å². The Labute approximate surface area is 165 Å². The van der Waals surface area contributed by atoms with Gasteiger partial charge in [0, 0.05) is 40.0 Å². The molecule has 2 aliphatic heterocycles. The monoisotopic (exact) mass is 421 g/mol. The summed E-state index contributed by atoms with van der Waals surface area (Å²) in [6.45, 7) is 0. The minimum Gasteiger partial charge on any atom is -0.507 e. The van der Waals surface area contributed by atoms with Gasteiger partial charge in [0.2, 0.25) is 6.23 Å². The summed E-state index contributed by atoms with van der Waals surface area (Å²) >= 11 is 3.56. The fourth-order valence-electron chi connectivity index (χ4n) is 3.69. The average Bonchev–Trinajstić information content (AvgIpc) is 3.14. The van der Waals surface area contributed by atoms with Crippen molar-refractivity contribution in [2.45, 2.75) is 18.7 Å².